The molecular weight excluding hydrogens is 424 g/mol. The molecule has 0 aromatic rings. The summed E-state index contributed by atoms with van der Waals surface area (Å²) in [4.78, 5) is 44.4. The minimum Gasteiger partial charge on any atom is -0.466 e. The summed E-state index contributed by atoms with van der Waals surface area (Å²) in [7, 11) is 0. The molecule has 3 heterocycles. The Morgan fingerprint density at radius 3 is 2.64 bits per heavy atom. The van der Waals surface area contributed by atoms with E-state index < -0.39 is 41.6 Å². The Kier molecular flexibility index (Phi) is 7.15. The molecule has 33 heavy (non-hydrogen) atoms. The second kappa shape index (κ2) is 9.74. The first-order valence-electron chi connectivity index (χ1n) is 12.6. The van der Waals surface area contributed by atoms with E-state index >= 15 is 0 Å². The summed E-state index contributed by atoms with van der Waals surface area (Å²) >= 11 is 0. The third-order valence-electron chi connectivity index (χ3n) is 8.23. The van der Waals surface area contributed by atoms with E-state index in [0.717, 1.165) is 25.7 Å². The number of fused-ring (bicyclic) bond motifs is 1. The first kappa shape index (κ1) is 24.2. The van der Waals surface area contributed by atoms with Crippen LogP contribution in [-0.4, -0.2) is 82.3 Å². The van der Waals surface area contributed by atoms with Crippen LogP contribution in [0.5, 0.6) is 0 Å². The molecule has 4 rings (SSSR count). The Balaban J connectivity index is 1.75. The second-order valence-electron chi connectivity index (χ2n) is 9.87. The molecular formula is C25H38N2O6. The number of aliphatic hydroxyl groups excluding tert-OH is 1. The molecule has 4 aliphatic rings. The molecule has 1 aliphatic carbocycles. The van der Waals surface area contributed by atoms with Gasteiger partial charge in [0.2, 0.25) is 11.8 Å². The lowest BCUT2D eigenvalue weighted by molar-refractivity contribution is -0.156. The van der Waals surface area contributed by atoms with E-state index in [4.69, 9.17) is 9.47 Å². The largest absolute Gasteiger partial charge is 0.466 e. The average Bonchev–Trinajstić information content (AvgIpc) is 3.46. The number of hydrogen-bond acceptors (Lipinski definition) is 6. The lowest BCUT2D eigenvalue weighted by Crippen LogP contribution is -2.60. The van der Waals surface area contributed by atoms with Crippen molar-refractivity contribution in [2.45, 2.75) is 95.0 Å². The fourth-order valence-electron chi connectivity index (χ4n) is 6.79. The second-order valence-corrected chi connectivity index (χ2v) is 9.87. The molecule has 3 aliphatic heterocycles. The summed E-state index contributed by atoms with van der Waals surface area (Å²) in [5.74, 6) is -2.29. The van der Waals surface area contributed by atoms with Crippen molar-refractivity contribution in [3.05, 3.63) is 12.7 Å². The predicted octanol–water partition coefficient (Wildman–Crippen LogP) is 2.04. The van der Waals surface area contributed by atoms with Gasteiger partial charge in [-0.05, 0) is 39.0 Å². The summed E-state index contributed by atoms with van der Waals surface area (Å²) in [6.07, 6.45) is 8.18. The van der Waals surface area contributed by atoms with Crippen molar-refractivity contribution in [2.75, 3.05) is 19.8 Å². The number of likely N-dealkylation sites (tertiary alicyclic amines) is 1. The predicted molar refractivity (Wildman–Crippen MR) is 121 cm³/mol. The van der Waals surface area contributed by atoms with Gasteiger partial charge in [-0.2, -0.15) is 0 Å². The van der Waals surface area contributed by atoms with Gasteiger partial charge in [0, 0.05) is 12.6 Å². The topological polar surface area (TPSA) is 96.4 Å². The van der Waals surface area contributed by atoms with Crippen molar-refractivity contribution < 1.29 is 29.0 Å². The highest BCUT2D eigenvalue weighted by molar-refractivity contribution is 5.98. The maximum atomic E-state index is 14.3. The van der Waals surface area contributed by atoms with Gasteiger partial charge in [-0.3, -0.25) is 14.4 Å². The Hall–Kier alpha value is -1.93. The maximum absolute atomic E-state index is 14.3. The number of ether oxygens (including phenoxy) is 2. The van der Waals surface area contributed by atoms with Crippen molar-refractivity contribution in [3.8, 4) is 0 Å². The highest BCUT2D eigenvalue weighted by atomic mass is 16.6. The zero-order valence-corrected chi connectivity index (χ0v) is 19.9. The van der Waals surface area contributed by atoms with Crippen LogP contribution in [0, 0.1) is 11.8 Å². The van der Waals surface area contributed by atoms with E-state index in [9.17, 15) is 19.5 Å². The zero-order valence-electron chi connectivity index (χ0n) is 19.9. The van der Waals surface area contributed by atoms with Gasteiger partial charge in [-0.25, -0.2) is 0 Å². The summed E-state index contributed by atoms with van der Waals surface area (Å²) in [5, 5.41) is 10.1. The molecule has 184 valence electrons. The van der Waals surface area contributed by atoms with Crippen LogP contribution in [0.2, 0.25) is 0 Å². The molecule has 2 bridgehead atoms. The monoisotopic (exact) mass is 462 g/mol. The molecule has 8 heteroatoms. The molecule has 1 N–H and O–H groups in total. The fourth-order valence-corrected chi connectivity index (χ4v) is 6.79. The number of esters is 1. The van der Waals surface area contributed by atoms with Gasteiger partial charge < -0.3 is 24.4 Å². The van der Waals surface area contributed by atoms with Gasteiger partial charge in [0.25, 0.3) is 0 Å². The van der Waals surface area contributed by atoms with Crippen molar-refractivity contribution in [2.24, 2.45) is 11.8 Å². The van der Waals surface area contributed by atoms with Crippen LogP contribution in [-0.2, 0) is 23.9 Å². The highest BCUT2D eigenvalue weighted by Crippen LogP contribution is 2.59. The summed E-state index contributed by atoms with van der Waals surface area (Å²) < 4.78 is 11.7. The van der Waals surface area contributed by atoms with Gasteiger partial charge in [-0.15, -0.1) is 6.58 Å². The fraction of sp³-hybridized carbons (Fsp3) is 0.800. The van der Waals surface area contributed by atoms with Crippen molar-refractivity contribution >= 4 is 17.8 Å². The molecule has 0 aromatic heterocycles. The molecule has 1 saturated carbocycles. The smallest absolute Gasteiger partial charge is 0.312 e. The van der Waals surface area contributed by atoms with Gasteiger partial charge in [0.15, 0.2) is 0 Å². The summed E-state index contributed by atoms with van der Waals surface area (Å²) in [6.45, 7) is 7.89. The molecule has 4 fully saturated rings. The van der Waals surface area contributed by atoms with E-state index in [2.05, 4.69) is 6.58 Å². The molecule has 8 nitrogen and oxygen atoms in total. The molecule has 3 saturated heterocycles. The van der Waals surface area contributed by atoms with E-state index in [1.54, 1.807) is 17.9 Å². The number of rotatable bonds is 9. The summed E-state index contributed by atoms with van der Waals surface area (Å²) in [5.41, 5.74) is -1.05. The maximum Gasteiger partial charge on any atom is 0.312 e. The van der Waals surface area contributed by atoms with Crippen LogP contribution in [0.1, 0.15) is 65.2 Å². The van der Waals surface area contributed by atoms with Gasteiger partial charge >= 0.3 is 5.97 Å². The molecule has 2 unspecified atom stereocenters. The number of hydrogen-bond donors (Lipinski definition) is 1. The van der Waals surface area contributed by atoms with Crippen LogP contribution in [0.3, 0.4) is 0 Å². The first-order valence-corrected chi connectivity index (χ1v) is 12.6. The standard InChI is InChI=1S/C25H38N2O6/c1-4-14-26(17-10-8-7-9-11-17)23(30)21-25-13-12-18(33-25)19(24(31)32-6-3)20(25)22(29)27(21)16(5-2)15-28/h4,16-21,28H,1,5-15H2,2-3H3/t16-,18-,19+,20-,21?,25?/m0/s1. The Labute approximate surface area is 196 Å². The van der Waals surface area contributed by atoms with E-state index in [-0.39, 0.29) is 31.1 Å². The van der Waals surface area contributed by atoms with Crippen LogP contribution in [0.15, 0.2) is 12.7 Å². The third kappa shape index (κ3) is 3.79. The molecule has 6 atom stereocenters. The average molecular weight is 463 g/mol. The van der Waals surface area contributed by atoms with Gasteiger partial charge in [-0.1, -0.05) is 32.3 Å². The first-order chi connectivity index (χ1) is 15.9. The SMILES string of the molecule is C=CCN(C(=O)C1N([C@@H](CC)CO)C(=O)[C@@H]2[C@H](C(=O)OCC)[C@@H]3CCC12O3)C1CCCCC1. The molecule has 0 radical (unpaired) electrons. The number of carbonyl (C=O) groups excluding carboxylic acids is 3. The van der Waals surface area contributed by atoms with Crippen LogP contribution >= 0.6 is 0 Å². The van der Waals surface area contributed by atoms with E-state index in [0.29, 0.717) is 25.8 Å². The lowest BCUT2D eigenvalue weighted by Gasteiger charge is -2.42. The quantitative estimate of drug-likeness (QED) is 0.416. The Morgan fingerprint density at radius 2 is 2.03 bits per heavy atom. The van der Waals surface area contributed by atoms with Crippen molar-refractivity contribution in [1.29, 1.82) is 0 Å². The Bertz CT molecular complexity index is 777. The van der Waals surface area contributed by atoms with Gasteiger partial charge in [0.1, 0.15) is 11.6 Å². The van der Waals surface area contributed by atoms with Crippen LogP contribution in [0.25, 0.3) is 0 Å². The van der Waals surface area contributed by atoms with Crippen LogP contribution in [0.4, 0.5) is 0 Å². The Morgan fingerprint density at radius 1 is 1.30 bits per heavy atom. The number of carbonyl (C=O) groups is 3. The van der Waals surface area contributed by atoms with Crippen molar-refractivity contribution in [3.63, 3.8) is 0 Å². The minimum atomic E-state index is -1.05. The molecule has 1 spiro atoms. The molecule has 2 amide bonds. The van der Waals surface area contributed by atoms with E-state index in [1.807, 2.05) is 11.8 Å². The van der Waals surface area contributed by atoms with E-state index in [1.165, 1.54) is 6.42 Å². The minimum absolute atomic E-state index is 0.102. The lowest BCUT2D eigenvalue weighted by atomic mass is 9.70. The third-order valence-corrected chi connectivity index (χ3v) is 8.23. The van der Waals surface area contributed by atoms with Crippen LogP contribution < -0.4 is 0 Å². The van der Waals surface area contributed by atoms with Gasteiger partial charge in [0.05, 0.1) is 37.2 Å². The zero-order chi connectivity index (χ0) is 23.8. The molecule has 0 aromatic carbocycles. The van der Waals surface area contributed by atoms with Crippen molar-refractivity contribution in [1.82, 2.24) is 9.80 Å². The highest BCUT2D eigenvalue weighted by Gasteiger charge is 2.75. The number of amides is 2. The normalized spacial score (nSPS) is 34.3. The number of nitrogens with zero attached hydrogens (tertiary/aromatic N) is 2. The number of aliphatic hydroxyl groups is 1. The summed E-state index contributed by atoms with van der Waals surface area (Å²) in [6, 6.07) is -1.25.